The van der Waals surface area contributed by atoms with Crippen LogP contribution >= 0.6 is 0 Å². The lowest BCUT2D eigenvalue weighted by Crippen LogP contribution is -2.08. The van der Waals surface area contributed by atoms with Crippen LogP contribution in [-0.2, 0) is 22.7 Å². The molecule has 0 aliphatic carbocycles. The second kappa shape index (κ2) is 6.33. The van der Waals surface area contributed by atoms with Crippen LogP contribution in [-0.4, -0.2) is 27.2 Å². The minimum absolute atomic E-state index is 0.103. The van der Waals surface area contributed by atoms with Crippen LogP contribution in [0.25, 0.3) is 11.0 Å². The molecule has 1 aromatic carbocycles. The zero-order chi connectivity index (χ0) is 13.7. The quantitative estimate of drug-likeness (QED) is 0.807. The molecule has 0 saturated carbocycles. The lowest BCUT2D eigenvalue weighted by atomic mass is 10.3. The van der Waals surface area contributed by atoms with Gasteiger partial charge in [-0.15, -0.1) is 0 Å². The molecule has 0 spiro atoms. The highest BCUT2D eigenvalue weighted by molar-refractivity contribution is 5.76. The number of carbonyl (C=O) groups is 1. The molecule has 0 aliphatic rings. The van der Waals surface area contributed by atoms with Crippen molar-refractivity contribution in [2.24, 2.45) is 0 Å². The number of aromatic nitrogens is 2. The molecule has 0 bridgehead atoms. The molecule has 5 nitrogen and oxygen atoms in total. The summed E-state index contributed by atoms with van der Waals surface area (Å²) in [5.41, 5.74) is 1.85. The van der Waals surface area contributed by atoms with Gasteiger partial charge in [0.2, 0.25) is 0 Å². The highest BCUT2D eigenvalue weighted by Gasteiger charge is 2.10. The number of hydrogen-bond acceptors (Lipinski definition) is 4. The SMILES string of the molecule is CCOC(=O)CCCn1c(CO)nc2ccccc21. The maximum absolute atomic E-state index is 11.3. The summed E-state index contributed by atoms with van der Waals surface area (Å²) in [6.07, 6.45) is 1.05. The van der Waals surface area contributed by atoms with Gasteiger partial charge >= 0.3 is 5.97 Å². The zero-order valence-corrected chi connectivity index (χ0v) is 11.0. The molecule has 0 unspecified atom stereocenters. The standard InChI is InChI=1S/C14H18N2O3/c1-2-19-14(18)8-5-9-16-12-7-4-3-6-11(12)15-13(16)10-17/h3-4,6-7,17H,2,5,8-10H2,1H3. The number of esters is 1. The number of rotatable bonds is 6. The highest BCUT2D eigenvalue weighted by Crippen LogP contribution is 2.17. The molecule has 0 saturated heterocycles. The predicted molar refractivity (Wildman–Crippen MR) is 71.5 cm³/mol. The van der Waals surface area contributed by atoms with Crippen molar-refractivity contribution in [3.8, 4) is 0 Å². The molecule has 5 heteroatoms. The molecular formula is C14H18N2O3. The van der Waals surface area contributed by atoms with E-state index in [9.17, 15) is 9.90 Å². The fourth-order valence-electron chi connectivity index (χ4n) is 2.11. The van der Waals surface area contributed by atoms with Crippen molar-refractivity contribution in [1.82, 2.24) is 9.55 Å². The first kappa shape index (κ1) is 13.5. The molecule has 0 aliphatic heterocycles. The number of aryl methyl sites for hydroxylation is 1. The Morgan fingerprint density at radius 2 is 2.21 bits per heavy atom. The van der Waals surface area contributed by atoms with Crippen LogP contribution in [0.15, 0.2) is 24.3 Å². The molecule has 2 aromatic rings. The van der Waals surface area contributed by atoms with Crippen LogP contribution < -0.4 is 0 Å². The Hall–Kier alpha value is -1.88. The number of ether oxygens (including phenoxy) is 1. The van der Waals surface area contributed by atoms with Crippen molar-refractivity contribution >= 4 is 17.0 Å². The van der Waals surface area contributed by atoms with Crippen LogP contribution in [0.5, 0.6) is 0 Å². The van der Waals surface area contributed by atoms with E-state index >= 15 is 0 Å². The third-order valence-electron chi connectivity index (χ3n) is 2.94. The Morgan fingerprint density at radius 1 is 1.42 bits per heavy atom. The van der Waals surface area contributed by atoms with Gasteiger partial charge in [-0.1, -0.05) is 12.1 Å². The third-order valence-corrected chi connectivity index (χ3v) is 2.94. The minimum atomic E-state index is -0.183. The van der Waals surface area contributed by atoms with Gasteiger partial charge in [-0.2, -0.15) is 0 Å². The van der Waals surface area contributed by atoms with E-state index in [1.807, 2.05) is 28.8 Å². The summed E-state index contributed by atoms with van der Waals surface area (Å²) in [6, 6.07) is 7.73. The summed E-state index contributed by atoms with van der Waals surface area (Å²) in [7, 11) is 0. The van der Waals surface area contributed by atoms with Crippen LogP contribution in [0.4, 0.5) is 0 Å². The number of aliphatic hydroxyl groups is 1. The normalized spacial score (nSPS) is 10.8. The van der Waals surface area contributed by atoms with Gasteiger partial charge in [0, 0.05) is 13.0 Å². The van der Waals surface area contributed by atoms with Crippen molar-refractivity contribution in [2.45, 2.75) is 32.9 Å². The van der Waals surface area contributed by atoms with Gasteiger partial charge < -0.3 is 14.4 Å². The van der Waals surface area contributed by atoms with Crippen molar-refractivity contribution in [1.29, 1.82) is 0 Å². The Kier molecular flexibility index (Phi) is 4.52. The first-order valence-corrected chi connectivity index (χ1v) is 6.47. The van der Waals surface area contributed by atoms with Crippen LogP contribution in [0.1, 0.15) is 25.6 Å². The van der Waals surface area contributed by atoms with E-state index in [1.165, 1.54) is 0 Å². The summed E-state index contributed by atoms with van der Waals surface area (Å²) in [4.78, 5) is 15.7. The highest BCUT2D eigenvalue weighted by atomic mass is 16.5. The average Bonchev–Trinajstić information content (AvgIpc) is 2.77. The molecule has 2 rings (SSSR count). The Morgan fingerprint density at radius 3 is 2.95 bits per heavy atom. The van der Waals surface area contributed by atoms with E-state index in [-0.39, 0.29) is 12.6 Å². The maximum Gasteiger partial charge on any atom is 0.305 e. The Bertz CT molecular complexity index is 563. The topological polar surface area (TPSA) is 64.3 Å². The molecule has 1 aromatic heterocycles. The second-order valence-electron chi connectivity index (χ2n) is 4.24. The fourth-order valence-corrected chi connectivity index (χ4v) is 2.11. The first-order chi connectivity index (χ1) is 9.26. The summed E-state index contributed by atoms with van der Waals surface area (Å²) in [5, 5.41) is 9.34. The molecule has 102 valence electrons. The third kappa shape index (κ3) is 3.12. The second-order valence-corrected chi connectivity index (χ2v) is 4.24. The number of para-hydroxylation sites is 2. The van der Waals surface area contributed by atoms with Crippen molar-refractivity contribution in [2.75, 3.05) is 6.61 Å². The van der Waals surface area contributed by atoms with Gasteiger partial charge in [0.25, 0.3) is 0 Å². The van der Waals surface area contributed by atoms with E-state index in [1.54, 1.807) is 6.92 Å². The van der Waals surface area contributed by atoms with E-state index in [2.05, 4.69) is 4.98 Å². The van der Waals surface area contributed by atoms with Crippen LogP contribution in [0.2, 0.25) is 0 Å². The van der Waals surface area contributed by atoms with Crippen LogP contribution in [0, 0.1) is 0 Å². The number of hydrogen-bond donors (Lipinski definition) is 1. The number of imidazole rings is 1. The monoisotopic (exact) mass is 262 g/mol. The van der Waals surface area contributed by atoms with Gasteiger partial charge in [-0.3, -0.25) is 4.79 Å². The number of benzene rings is 1. The van der Waals surface area contributed by atoms with Crippen molar-refractivity contribution < 1.29 is 14.6 Å². The summed E-state index contributed by atoms with van der Waals surface area (Å²) in [5.74, 6) is 0.447. The molecule has 0 radical (unpaired) electrons. The van der Waals surface area contributed by atoms with Crippen LogP contribution in [0.3, 0.4) is 0 Å². The number of carbonyl (C=O) groups excluding carboxylic acids is 1. The molecule has 0 atom stereocenters. The molecule has 0 fully saturated rings. The smallest absolute Gasteiger partial charge is 0.305 e. The molecule has 19 heavy (non-hydrogen) atoms. The summed E-state index contributed by atoms with van der Waals surface area (Å²) < 4.78 is 6.85. The summed E-state index contributed by atoms with van der Waals surface area (Å²) in [6.45, 7) is 2.75. The summed E-state index contributed by atoms with van der Waals surface area (Å²) >= 11 is 0. The number of nitrogens with zero attached hydrogens (tertiary/aromatic N) is 2. The molecule has 0 amide bonds. The van der Waals surface area contributed by atoms with Gasteiger partial charge in [0.1, 0.15) is 12.4 Å². The van der Waals surface area contributed by atoms with Gasteiger partial charge in [-0.25, -0.2) is 4.98 Å². The van der Waals surface area contributed by atoms with E-state index in [4.69, 9.17) is 4.74 Å². The van der Waals surface area contributed by atoms with E-state index in [0.717, 1.165) is 11.0 Å². The van der Waals surface area contributed by atoms with E-state index < -0.39 is 0 Å². The number of fused-ring (bicyclic) bond motifs is 1. The number of aliphatic hydroxyl groups excluding tert-OH is 1. The zero-order valence-electron chi connectivity index (χ0n) is 11.0. The lowest BCUT2D eigenvalue weighted by molar-refractivity contribution is -0.143. The van der Waals surface area contributed by atoms with Gasteiger partial charge in [0.15, 0.2) is 0 Å². The first-order valence-electron chi connectivity index (χ1n) is 6.47. The largest absolute Gasteiger partial charge is 0.466 e. The van der Waals surface area contributed by atoms with E-state index in [0.29, 0.717) is 31.8 Å². The minimum Gasteiger partial charge on any atom is -0.466 e. The average molecular weight is 262 g/mol. The fraction of sp³-hybridized carbons (Fsp3) is 0.429. The Balaban J connectivity index is 2.09. The molecule has 1 N–H and O–H groups in total. The maximum atomic E-state index is 11.3. The van der Waals surface area contributed by atoms with Gasteiger partial charge in [0.05, 0.1) is 17.6 Å². The van der Waals surface area contributed by atoms with Crippen molar-refractivity contribution in [3.05, 3.63) is 30.1 Å². The van der Waals surface area contributed by atoms with Crippen molar-refractivity contribution in [3.63, 3.8) is 0 Å². The Labute approximate surface area is 111 Å². The molecule has 1 heterocycles. The van der Waals surface area contributed by atoms with Gasteiger partial charge in [-0.05, 0) is 25.5 Å². The molecular weight excluding hydrogens is 244 g/mol. The predicted octanol–water partition coefficient (Wildman–Crippen LogP) is 1.87. The lowest BCUT2D eigenvalue weighted by Gasteiger charge is -2.07.